The van der Waals surface area contributed by atoms with Crippen LogP contribution in [0.5, 0.6) is 5.75 Å². The van der Waals surface area contributed by atoms with Gasteiger partial charge in [-0.3, -0.25) is 9.55 Å². The summed E-state index contributed by atoms with van der Waals surface area (Å²) in [6.07, 6.45) is 2.87. The number of pyridine rings is 1. The predicted molar refractivity (Wildman–Crippen MR) is 249 cm³/mol. The topological polar surface area (TPSA) is 50.9 Å². The number of nitrogens with zero attached hydrogens (tertiary/aromatic N) is 3. The van der Waals surface area contributed by atoms with E-state index in [0.717, 1.165) is 67.8 Å². The summed E-state index contributed by atoms with van der Waals surface area (Å²) in [4.78, 5) is 10.4. The summed E-state index contributed by atoms with van der Waals surface area (Å²) in [6, 6.07) is 62.9. The molecular formula is C56H48N3OPt-. The predicted octanol–water partition coefficient (Wildman–Crippen LogP) is 14.4. The summed E-state index contributed by atoms with van der Waals surface area (Å²) in [5.41, 5.74) is 16.2. The first-order valence-electron chi connectivity index (χ1n) is 20.8. The number of hydrogen-bond acceptors (Lipinski definition) is 3. The van der Waals surface area contributed by atoms with Crippen molar-refractivity contribution in [2.75, 3.05) is 0 Å². The standard InChI is InChI=1S/C56H48N3O.Pt/c1-37(2)31-38-23-28-51(49(32-38)42-17-10-7-11-18-42)59-52-21-14-20-47(54(52)58-55(59)48-19-12-13-22-53(48)60)44-33-45(35-46(34-44)56(3,4)5)50-36-43(29-30-57-50)41-26-24-40(25-27-41)39-15-8-6-9-16-39;/h6-30,32,34-37,60H,31H2,1-5H3;/q-1;. The Bertz CT molecular complexity index is 2960. The molecule has 2 aromatic heterocycles. The second kappa shape index (κ2) is 17.3. The Hall–Kier alpha value is -6.35. The van der Waals surface area contributed by atoms with E-state index in [0.29, 0.717) is 17.3 Å². The third kappa shape index (κ3) is 8.51. The fourth-order valence-corrected chi connectivity index (χ4v) is 8.16. The van der Waals surface area contributed by atoms with Gasteiger partial charge in [-0.05, 0) is 87.5 Å². The minimum atomic E-state index is -0.153. The van der Waals surface area contributed by atoms with Gasteiger partial charge in [0.25, 0.3) is 0 Å². The Kier molecular flexibility index (Phi) is 11.8. The van der Waals surface area contributed by atoms with E-state index in [1.807, 2.05) is 30.5 Å². The van der Waals surface area contributed by atoms with Crippen LogP contribution >= 0.6 is 0 Å². The Balaban J connectivity index is 0.00000514. The van der Waals surface area contributed by atoms with E-state index in [-0.39, 0.29) is 32.2 Å². The van der Waals surface area contributed by atoms with Gasteiger partial charge in [0, 0.05) is 38.5 Å². The van der Waals surface area contributed by atoms with Crippen LogP contribution in [0.2, 0.25) is 0 Å². The number of phenols is 1. The van der Waals surface area contributed by atoms with Gasteiger partial charge in [0.05, 0.1) is 22.3 Å². The smallest absolute Gasteiger partial charge is 0.148 e. The first-order chi connectivity index (χ1) is 29.1. The van der Waals surface area contributed by atoms with E-state index < -0.39 is 0 Å². The van der Waals surface area contributed by atoms with E-state index >= 15 is 0 Å². The minimum absolute atomic E-state index is 0. The summed E-state index contributed by atoms with van der Waals surface area (Å²) in [5, 5.41) is 11.4. The van der Waals surface area contributed by atoms with Gasteiger partial charge in [-0.15, -0.1) is 29.3 Å². The molecule has 0 amide bonds. The second-order valence-corrected chi connectivity index (χ2v) is 17.1. The molecule has 0 aliphatic carbocycles. The fraction of sp³-hybridized carbons (Fsp3) is 0.143. The summed E-state index contributed by atoms with van der Waals surface area (Å²) in [7, 11) is 0. The van der Waals surface area contributed by atoms with E-state index in [1.165, 1.54) is 22.3 Å². The van der Waals surface area contributed by atoms with Gasteiger partial charge >= 0.3 is 0 Å². The zero-order valence-electron chi connectivity index (χ0n) is 35.1. The largest absolute Gasteiger partial charge is 0.507 e. The van der Waals surface area contributed by atoms with Gasteiger partial charge in [-0.2, -0.15) is 0 Å². The van der Waals surface area contributed by atoms with Crippen LogP contribution in [0, 0.1) is 12.0 Å². The second-order valence-electron chi connectivity index (χ2n) is 17.1. The van der Waals surface area contributed by atoms with Crippen LogP contribution < -0.4 is 0 Å². The maximum atomic E-state index is 11.4. The Labute approximate surface area is 373 Å². The molecule has 7 aromatic carbocycles. The number of rotatable bonds is 9. The molecule has 1 N–H and O–H groups in total. The number of imidazole rings is 1. The first-order valence-corrected chi connectivity index (χ1v) is 20.8. The van der Waals surface area contributed by atoms with Crippen molar-refractivity contribution in [1.82, 2.24) is 14.5 Å². The van der Waals surface area contributed by atoms with E-state index in [2.05, 4.69) is 185 Å². The molecule has 0 aliphatic rings. The molecule has 9 aromatic rings. The summed E-state index contributed by atoms with van der Waals surface area (Å²) >= 11 is 0. The van der Waals surface area contributed by atoms with Gasteiger partial charge in [0.15, 0.2) is 0 Å². The molecule has 0 aliphatic heterocycles. The van der Waals surface area contributed by atoms with Gasteiger partial charge in [-0.1, -0.05) is 167 Å². The molecule has 0 saturated carbocycles. The fourth-order valence-electron chi connectivity index (χ4n) is 8.16. The molecule has 0 unspecified atom stereocenters. The maximum Gasteiger partial charge on any atom is 0.148 e. The van der Waals surface area contributed by atoms with Crippen LogP contribution in [-0.4, -0.2) is 19.6 Å². The molecular weight excluding hydrogens is 926 g/mol. The van der Waals surface area contributed by atoms with Crippen LogP contribution in [0.3, 0.4) is 0 Å². The molecule has 0 saturated heterocycles. The molecule has 0 spiro atoms. The zero-order valence-corrected chi connectivity index (χ0v) is 37.4. The van der Waals surface area contributed by atoms with E-state index in [4.69, 9.17) is 9.97 Å². The Morgan fingerprint density at radius 2 is 1.21 bits per heavy atom. The monoisotopic (exact) mass is 973 g/mol. The summed E-state index contributed by atoms with van der Waals surface area (Å²) < 4.78 is 2.22. The number of aromatic hydroxyl groups is 1. The van der Waals surface area contributed by atoms with Crippen LogP contribution in [-0.2, 0) is 32.9 Å². The SMILES string of the molecule is CC(C)Cc1ccc(-n2c(-c3ccccc3O)nc3c(-c4[c-]c(-c5cc(-c6ccc(-c7ccccc7)cc6)ccn5)cc(C(C)(C)C)c4)cccc32)c(-c2ccccc2)c1.[Pt]. The van der Waals surface area contributed by atoms with Crippen LogP contribution in [0.4, 0.5) is 0 Å². The zero-order chi connectivity index (χ0) is 41.4. The third-order valence-corrected chi connectivity index (χ3v) is 11.2. The third-order valence-electron chi connectivity index (χ3n) is 11.2. The average molecular weight is 974 g/mol. The summed E-state index contributed by atoms with van der Waals surface area (Å²) in [6.45, 7) is 11.2. The molecule has 0 fully saturated rings. The van der Waals surface area contributed by atoms with Crippen molar-refractivity contribution in [3.8, 4) is 78.6 Å². The van der Waals surface area contributed by atoms with Crippen LogP contribution in [0.1, 0.15) is 45.7 Å². The number of phenolic OH excluding ortho intramolecular Hbond substituents is 1. The number of fused-ring (bicyclic) bond motifs is 1. The average Bonchev–Trinajstić information content (AvgIpc) is 3.66. The molecule has 5 heteroatoms. The molecule has 0 bridgehead atoms. The van der Waals surface area contributed by atoms with Crippen molar-refractivity contribution in [3.05, 3.63) is 193 Å². The maximum absolute atomic E-state index is 11.4. The van der Waals surface area contributed by atoms with Crippen molar-refractivity contribution in [2.45, 2.75) is 46.5 Å². The normalized spacial score (nSPS) is 11.5. The molecule has 61 heavy (non-hydrogen) atoms. The van der Waals surface area contributed by atoms with Gasteiger partial charge in [0.1, 0.15) is 11.6 Å². The molecule has 0 radical (unpaired) electrons. The van der Waals surface area contributed by atoms with Gasteiger partial charge in [-0.25, -0.2) is 4.98 Å². The van der Waals surface area contributed by atoms with Crippen LogP contribution in [0.15, 0.2) is 176 Å². The van der Waals surface area contributed by atoms with Crippen molar-refractivity contribution < 1.29 is 26.2 Å². The molecule has 304 valence electrons. The number of para-hydroxylation sites is 2. The van der Waals surface area contributed by atoms with Gasteiger partial charge in [0.2, 0.25) is 0 Å². The van der Waals surface area contributed by atoms with E-state index in [1.54, 1.807) is 6.07 Å². The van der Waals surface area contributed by atoms with Crippen LogP contribution in [0.25, 0.3) is 83.9 Å². The number of hydrogen-bond donors (Lipinski definition) is 1. The van der Waals surface area contributed by atoms with Gasteiger partial charge < -0.3 is 5.11 Å². The van der Waals surface area contributed by atoms with Crippen molar-refractivity contribution >= 4 is 11.0 Å². The Morgan fingerprint density at radius 1 is 0.590 bits per heavy atom. The number of benzene rings is 7. The molecule has 4 nitrogen and oxygen atoms in total. The summed E-state index contributed by atoms with van der Waals surface area (Å²) in [5.74, 6) is 1.36. The molecule has 0 atom stereocenters. The minimum Gasteiger partial charge on any atom is -0.507 e. The Morgan fingerprint density at radius 3 is 1.90 bits per heavy atom. The molecule has 9 rings (SSSR count). The van der Waals surface area contributed by atoms with Crippen molar-refractivity contribution in [3.63, 3.8) is 0 Å². The molecule has 2 heterocycles. The first kappa shape index (κ1) is 41.4. The quantitative estimate of drug-likeness (QED) is 0.147. The van der Waals surface area contributed by atoms with E-state index in [9.17, 15) is 5.11 Å². The number of aromatic nitrogens is 3. The van der Waals surface area contributed by atoms with Crippen molar-refractivity contribution in [1.29, 1.82) is 0 Å². The van der Waals surface area contributed by atoms with Crippen molar-refractivity contribution in [2.24, 2.45) is 5.92 Å².